The molecule has 0 spiro atoms. The van der Waals surface area contributed by atoms with E-state index in [1.165, 1.54) is 4.88 Å². The van der Waals surface area contributed by atoms with Gasteiger partial charge in [-0.3, -0.25) is 4.79 Å². The van der Waals surface area contributed by atoms with Crippen LogP contribution in [0.5, 0.6) is 0 Å². The molecule has 0 aliphatic rings. The SMILES string of the molecule is Cc1cc(CSc2ccccc2C(=O)NCCc2cccs2)on1. The number of hydrogen-bond acceptors (Lipinski definition) is 5. The average Bonchev–Trinajstić information content (AvgIpc) is 3.25. The predicted octanol–water partition coefficient (Wildman–Crippen LogP) is 4.31. The van der Waals surface area contributed by atoms with Crippen LogP contribution in [-0.2, 0) is 12.2 Å². The van der Waals surface area contributed by atoms with Gasteiger partial charge in [0.05, 0.1) is 17.0 Å². The number of carbonyl (C=O) groups is 1. The van der Waals surface area contributed by atoms with Gasteiger partial charge in [-0.2, -0.15) is 0 Å². The van der Waals surface area contributed by atoms with E-state index < -0.39 is 0 Å². The van der Waals surface area contributed by atoms with E-state index >= 15 is 0 Å². The second kappa shape index (κ2) is 8.17. The van der Waals surface area contributed by atoms with Crippen LogP contribution in [0.15, 0.2) is 57.3 Å². The monoisotopic (exact) mass is 358 g/mol. The molecule has 0 bridgehead atoms. The van der Waals surface area contributed by atoms with Crippen molar-refractivity contribution in [3.8, 4) is 0 Å². The Morgan fingerprint density at radius 1 is 1.29 bits per heavy atom. The summed E-state index contributed by atoms with van der Waals surface area (Å²) in [5.41, 5.74) is 1.56. The summed E-state index contributed by atoms with van der Waals surface area (Å²) in [7, 11) is 0. The Labute approximate surface area is 149 Å². The van der Waals surface area contributed by atoms with E-state index in [1.807, 2.05) is 48.7 Å². The first kappa shape index (κ1) is 16.8. The van der Waals surface area contributed by atoms with Gasteiger partial charge in [0.1, 0.15) is 5.76 Å². The molecule has 0 aliphatic carbocycles. The van der Waals surface area contributed by atoms with Crippen molar-refractivity contribution in [1.82, 2.24) is 10.5 Å². The smallest absolute Gasteiger partial charge is 0.252 e. The Hall–Kier alpha value is -2.05. The zero-order chi connectivity index (χ0) is 16.8. The molecule has 124 valence electrons. The van der Waals surface area contributed by atoms with Crippen LogP contribution in [0.1, 0.15) is 26.7 Å². The molecule has 0 atom stereocenters. The molecular weight excluding hydrogens is 340 g/mol. The number of nitrogens with zero attached hydrogens (tertiary/aromatic N) is 1. The van der Waals surface area contributed by atoms with Crippen molar-refractivity contribution in [3.05, 3.63) is 69.7 Å². The third kappa shape index (κ3) is 4.49. The predicted molar refractivity (Wildman–Crippen MR) is 97.6 cm³/mol. The number of thiophene rings is 1. The summed E-state index contributed by atoms with van der Waals surface area (Å²) >= 11 is 3.29. The first-order valence-electron chi connectivity index (χ1n) is 7.67. The molecule has 0 saturated carbocycles. The lowest BCUT2D eigenvalue weighted by atomic mass is 10.2. The lowest BCUT2D eigenvalue weighted by Crippen LogP contribution is -2.26. The van der Waals surface area contributed by atoms with Crippen molar-refractivity contribution >= 4 is 29.0 Å². The van der Waals surface area contributed by atoms with Gasteiger partial charge in [-0.05, 0) is 36.9 Å². The highest BCUT2D eigenvalue weighted by Crippen LogP contribution is 2.26. The third-order valence-corrected chi connectivity index (χ3v) is 5.45. The van der Waals surface area contributed by atoms with Crippen LogP contribution in [0.4, 0.5) is 0 Å². The maximum atomic E-state index is 12.5. The molecule has 3 aromatic rings. The molecule has 6 heteroatoms. The third-order valence-electron chi connectivity index (χ3n) is 3.42. The van der Waals surface area contributed by atoms with E-state index in [9.17, 15) is 4.79 Å². The van der Waals surface area contributed by atoms with Crippen LogP contribution >= 0.6 is 23.1 Å². The van der Waals surface area contributed by atoms with Crippen molar-refractivity contribution in [3.63, 3.8) is 0 Å². The summed E-state index contributed by atoms with van der Waals surface area (Å²) in [5.74, 6) is 1.43. The number of thioether (sulfide) groups is 1. The summed E-state index contributed by atoms with van der Waals surface area (Å²) in [6.07, 6.45) is 0.857. The summed E-state index contributed by atoms with van der Waals surface area (Å²) < 4.78 is 5.22. The molecule has 0 radical (unpaired) electrons. The maximum Gasteiger partial charge on any atom is 0.252 e. The van der Waals surface area contributed by atoms with Gasteiger partial charge in [-0.1, -0.05) is 23.4 Å². The lowest BCUT2D eigenvalue weighted by Gasteiger charge is -2.09. The quantitative estimate of drug-likeness (QED) is 0.640. The van der Waals surface area contributed by atoms with Crippen molar-refractivity contribution < 1.29 is 9.32 Å². The highest BCUT2D eigenvalue weighted by atomic mass is 32.2. The molecule has 0 unspecified atom stereocenters. The van der Waals surface area contributed by atoms with Gasteiger partial charge >= 0.3 is 0 Å². The molecule has 24 heavy (non-hydrogen) atoms. The number of rotatable bonds is 7. The first-order valence-corrected chi connectivity index (χ1v) is 9.53. The standard InChI is InChI=1S/C18H18N2O2S2/c1-13-11-14(22-20-13)12-24-17-7-3-2-6-16(17)18(21)19-9-8-15-5-4-10-23-15/h2-7,10-11H,8-9,12H2,1H3,(H,19,21). The molecule has 1 N–H and O–H groups in total. The second-order valence-corrected chi connectivity index (χ2v) is 7.35. The van der Waals surface area contributed by atoms with Gasteiger partial charge < -0.3 is 9.84 Å². The van der Waals surface area contributed by atoms with Crippen LogP contribution < -0.4 is 5.32 Å². The fraction of sp³-hybridized carbons (Fsp3) is 0.222. The Morgan fingerprint density at radius 2 is 2.17 bits per heavy atom. The number of nitrogens with one attached hydrogen (secondary N) is 1. The van der Waals surface area contributed by atoms with Crippen LogP contribution in [0.3, 0.4) is 0 Å². The average molecular weight is 358 g/mol. The molecule has 0 fully saturated rings. The van der Waals surface area contributed by atoms with E-state index in [2.05, 4.69) is 16.5 Å². The number of amides is 1. The molecular formula is C18H18N2O2S2. The first-order chi connectivity index (χ1) is 11.7. The maximum absolute atomic E-state index is 12.5. The zero-order valence-electron chi connectivity index (χ0n) is 13.3. The van der Waals surface area contributed by atoms with Crippen molar-refractivity contribution in [2.24, 2.45) is 0 Å². The number of carbonyl (C=O) groups excluding carboxylic acids is 1. The van der Waals surface area contributed by atoms with Gasteiger partial charge in [0, 0.05) is 22.4 Å². The van der Waals surface area contributed by atoms with E-state index in [-0.39, 0.29) is 5.91 Å². The molecule has 1 aromatic carbocycles. The molecule has 4 nitrogen and oxygen atoms in total. The topological polar surface area (TPSA) is 55.1 Å². The van der Waals surface area contributed by atoms with Gasteiger partial charge in [-0.15, -0.1) is 23.1 Å². The number of hydrogen-bond donors (Lipinski definition) is 1. The molecule has 2 aromatic heterocycles. The van der Waals surface area contributed by atoms with E-state index in [1.54, 1.807) is 23.1 Å². The van der Waals surface area contributed by atoms with Gasteiger partial charge in [-0.25, -0.2) is 0 Å². The zero-order valence-corrected chi connectivity index (χ0v) is 15.0. The summed E-state index contributed by atoms with van der Waals surface area (Å²) in [6.45, 7) is 2.53. The van der Waals surface area contributed by atoms with Crippen LogP contribution in [-0.4, -0.2) is 17.6 Å². The minimum atomic E-state index is -0.0385. The normalized spacial score (nSPS) is 10.7. The van der Waals surface area contributed by atoms with E-state index in [4.69, 9.17) is 4.52 Å². The van der Waals surface area contributed by atoms with E-state index in [0.717, 1.165) is 22.8 Å². The minimum absolute atomic E-state index is 0.0385. The van der Waals surface area contributed by atoms with Crippen LogP contribution in [0, 0.1) is 6.92 Å². The summed E-state index contributed by atoms with van der Waals surface area (Å²) in [6, 6.07) is 13.7. The van der Waals surface area contributed by atoms with E-state index in [0.29, 0.717) is 17.9 Å². The van der Waals surface area contributed by atoms with Crippen molar-refractivity contribution in [2.45, 2.75) is 24.0 Å². The summed E-state index contributed by atoms with van der Waals surface area (Å²) in [4.78, 5) is 14.7. The highest BCUT2D eigenvalue weighted by molar-refractivity contribution is 7.98. The number of aryl methyl sites for hydroxylation is 1. The van der Waals surface area contributed by atoms with Gasteiger partial charge in [0.2, 0.25) is 0 Å². The van der Waals surface area contributed by atoms with Crippen molar-refractivity contribution in [1.29, 1.82) is 0 Å². The molecule has 0 aliphatic heterocycles. The Morgan fingerprint density at radius 3 is 2.92 bits per heavy atom. The Balaban J connectivity index is 1.59. The number of aromatic nitrogens is 1. The molecule has 3 rings (SSSR count). The van der Waals surface area contributed by atoms with Gasteiger partial charge in [0.15, 0.2) is 0 Å². The molecule has 0 saturated heterocycles. The minimum Gasteiger partial charge on any atom is -0.360 e. The Kier molecular flexibility index (Phi) is 5.72. The van der Waals surface area contributed by atoms with Crippen LogP contribution in [0.2, 0.25) is 0 Å². The second-order valence-electron chi connectivity index (χ2n) is 5.30. The molecule has 1 amide bonds. The Bertz CT molecular complexity index is 797. The fourth-order valence-corrected chi connectivity index (χ4v) is 3.90. The van der Waals surface area contributed by atoms with Crippen LogP contribution in [0.25, 0.3) is 0 Å². The molecule has 2 heterocycles. The van der Waals surface area contributed by atoms with Gasteiger partial charge in [0.25, 0.3) is 5.91 Å². The number of benzene rings is 1. The summed E-state index contributed by atoms with van der Waals surface area (Å²) in [5, 5.41) is 8.93. The highest BCUT2D eigenvalue weighted by Gasteiger charge is 2.12. The lowest BCUT2D eigenvalue weighted by molar-refractivity contribution is 0.0951. The van der Waals surface area contributed by atoms with Crippen molar-refractivity contribution in [2.75, 3.05) is 6.54 Å². The largest absolute Gasteiger partial charge is 0.360 e. The fourth-order valence-electron chi connectivity index (χ4n) is 2.26.